The number of hydrogen-bond acceptors (Lipinski definition) is 7. The second-order valence-corrected chi connectivity index (χ2v) is 9.13. The third-order valence-electron chi connectivity index (χ3n) is 4.35. The molecule has 0 radical (unpaired) electrons. The molecule has 0 fully saturated rings. The van der Waals surface area contributed by atoms with E-state index in [1.54, 1.807) is 0 Å². The Balaban J connectivity index is 3.74. The highest BCUT2D eigenvalue weighted by Gasteiger charge is 2.22. The fraction of sp³-hybridized carbons (Fsp3) is 0.519. The maximum absolute atomic E-state index is 11.7. The van der Waals surface area contributed by atoms with Gasteiger partial charge in [0.25, 0.3) is 0 Å². The Hall–Kier alpha value is -2.06. The van der Waals surface area contributed by atoms with Crippen LogP contribution in [0.1, 0.15) is 58.3 Å². The minimum Gasteiger partial charge on any atom is -0.463 e. The van der Waals surface area contributed by atoms with Crippen molar-refractivity contribution in [2.75, 3.05) is 26.4 Å². The van der Waals surface area contributed by atoms with Crippen molar-refractivity contribution < 1.29 is 33.1 Å². The summed E-state index contributed by atoms with van der Waals surface area (Å²) in [7, 11) is -4.27. The van der Waals surface area contributed by atoms with Crippen LogP contribution in [0.25, 0.3) is 0 Å². The number of ether oxygens (including phenoxy) is 1. The number of phosphoric acid groups is 1. The molecule has 4 N–H and O–H groups in total. The Labute approximate surface area is 216 Å². The third-order valence-corrected chi connectivity index (χ3v) is 5.33. The summed E-state index contributed by atoms with van der Waals surface area (Å²) in [5.74, 6) is -0.472. The van der Waals surface area contributed by atoms with Crippen LogP contribution in [0.2, 0.25) is 0 Å². The molecule has 0 aliphatic heterocycles. The molecule has 2 unspecified atom stereocenters. The van der Waals surface area contributed by atoms with Gasteiger partial charge in [0.15, 0.2) is 0 Å². The molecule has 0 rings (SSSR count). The number of phosphoric ester groups is 1. The van der Waals surface area contributed by atoms with Crippen LogP contribution in [0.3, 0.4) is 0 Å². The van der Waals surface area contributed by atoms with Crippen molar-refractivity contribution in [3.8, 4) is 0 Å². The lowest BCUT2D eigenvalue weighted by molar-refractivity contribution is -0.147. The molecule has 0 aromatic rings. The van der Waals surface area contributed by atoms with Crippen LogP contribution in [-0.4, -0.2) is 48.4 Å². The van der Waals surface area contributed by atoms with E-state index in [9.17, 15) is 19.4 Å². The first-order valence-electron chi connectivity index (χ1n) is 12.5. The third kappa shape index (κ3) is 25.0. The number of hydrogen-bond donors (Lipinski definition) is 3. The number of esters is 1. The Morgan fingerprint density at radius 2 is 1.28 bits per heavy atom. The van der Waals surface area contributed by atoms with Gasteiger partial charge in [0.2, 0.25) is 0 Å². The average molecular weight is 526 g/mol. The lowest BCUT2D eigenvalue weighted by Crippen LogP contribution is -2.23. The summed E-state index contributed by atoms with van der Waals surface area (Å²) < 4.78 is 25.5. The molecule has 8 nitrogen and oxygen atoms in total. The summed E-state index contributed by atoms with van der Waals surface area (Å²) in [6, 6.07) is 0. The van der Waals surface area contributed by atoms with Gasteiger partial charge in [-0.1, -0.05) is 79.8 Å². The van der Waals surface area contributed by atoms with E-state index in [0.717, 1.165) is 38.5 Å². The Morgan fingerprint density at radius 3 is 1.75 bits per heavy atom. The largest absolute Gasteiger partial charge is 0.472 e. The second-order valence-electron chi connectivity index (χ2n) is 7.68. The number of carbonyl (C=O) groups excluding carboxylic acids is 1. The number of aliphatic hydroxyl groups is 1. The predicted octanol–water partition coefficient (Wildman–Crippen LogP) is 5.46. The molecule has 0 amide bonds. The zero-order chi connectivity index (χ0) is 26.7. The number of rotatable bonds is 22. The average Bonchev–Trinajstić information content (AvgIpc) is 2.86. The fourth-order valence-electron chi connectivity index (χ4n) is 2.54. The number of aliphatic hydroxyl groups excluding tert-OH is 1. The van der Waals surface area contributed by atoms with Crippen molar-refractivity contribution in [1.29, 1.82) is 0 Å². The van der Waals surface area contributed by atoms with Crippen LogP contribution >= 0.6 is 7.82 Å². The molecular formula is C27H44NO7P. The maximum Gasteiger partial charge on any atom is 0.472 e. The van der Waals surface area contributed by atoms with E-state index in [0.29, 0.717) is 6.42 Å². The van der Waals surface area contributed by atoms with E-state index >= 15 is 0 Å². The van der Waals surface area contributed by atoms with Gasteiger partial charge in [-0.05, 0) is 44.9 Å². The standard InChI is InChI=1S/C27H44NO7P/c1-2-3-4-5-6-7-8-9-10-11-12-13-14-15-16-17-18-19-20-21-27(30)33-24-26(29)25-35-36(31,32)34-23-22-28/h3-4,6-7,9-10,12-13,15-16,18-19,26,29H,2,5,8,11,14,17,20-25,28H2,1H3,(H,31,32). The van der Waals surface area contributed by atoms with Crippen LogP contribution in [0.4, 0.5) is 0 Å². The van der Waals surface area contributed by atoms with Gasteiger partial charge in [0.1, 0.15) is 12.7 Å². The molecule has 0 saturated heterocycles. The minimum absolute atomic E-state index is 0.0604. The van der Waals surface area contributed by atoms with Crippen molar-refractivity contribution in [2.24, 2.45) is 5.73 Å². The Kier molecular flexibility index (Phi) is 23.2. The van der Waals surface area contributed by atoms with E-state index in [-0.39, 0.29) is 26.2 Å². The molecule has 2 atom stereocenters. The van der Waals surface area contributed by atoms with Gasteiger partial charge in [0, 0.05) is 13.0 Å². The fourth-order valence-corrected chi connectivity index (χ4v) is 3.31. The molecule has 0 aliphatic rings. The molecule has 0 aromatic carbocycles. The van der Waals surface area contributed by atoms with E-state index in [4.69, 9.17) is 10.5 Å². The molecule has 0 heterocycles. The normalized spacial score (nSPS) is 15.3. The molecule has 9 heteroatoms. The van der Waals surface area contributed by atoms with Gasteiger partial charge in [-0.15, -0.1) is 0 Å². The highest BCUT2D eigenvalue weighted by atomic mass is 31.2. The van der Waals surface area contributed by atoms with Crippen LogP contribution < -0.4 is 5.73 Å². The first-order chi connectivity index (χ1) is 17.4. The zero-order valence-corrected chi connectivity index (χ0v) is 22.3. The highest BCUT2D eigenvalue weighted by Crippen LogP contribution is 2.42. The summed E-state index contributed by atoms with van der Waals surface area (Å²) in [6.07, 6.45) is 30.5. The lowest BCUT2D eigenvalue weighted by Gasteiger charge is -2.15. The van der Waals surface area contributed by atoms with Gasteiger partial charge in [0.05, 0.1) is 13.2 Å². The molecule has 0 saturated carbocycles. The first-order valence-corrected chi connectivity index (χ1v) is 14.0. The molecule has 204 valence electrons. The summed E-state index contributed by atoms with van der Waals surface area (Å²) >= 11 is 0. The van der Waals surface area contributed by atoms with Crippen molar-refractivity contribution in [1.82, 2.24) is 0 Å². The first kappa shape index (κ1) is 33.9. The van der Waals surface area contributed by atoms with Gasteiger partial charge in [-0.3, -0.25) is 13.8 Å². The molecule has 36 heavy (non-hydrogen) atoms. The van der Waals surface area contributed by atoms with Crippen molar-refractivity contribution in [3.05, 3.63) is 72.9 Å². The number of nitrogens with two attached hydrogens (primary N) is 1. The Bertz CT molecular complexity index is 772. The van der Waals surface area contributed by atoms with E-state index in [1.807, 2.05) is 12.2 Å². The predicted molar refractivity (Wildman–Crippen MR) is 145 cm³/mol. The highest BCUT2D eigenvalue weighted by molar-refractivity contribution is 7.47. The zero-order valence-electron chi connectivity index (χ0n) is 21.5. The summed E-state index contributed by atoms with van der Waals surface area (Å²) in [4.78, 5) is 21.0. The topological polar surface area (TPSA) is 128 Å². The molecule has 0 bridgehead atoms. The molecule has 0 aromatic heterocycles. The van der Waals surface area contributed by atoms with Gasteiger partial charge >= 0.3 is 13.8 Å². The number of allylic oxidation sites excluding steroid dienone is 12. The second kappa shape index (κ2) is 24.6. The monoisotopic (exact) mass is 525 g/mol. The van der Waals surface area contributed by atoms with Crippen LogP contribution in [-0.2, 0) is 23.1 Å². The maximum atomic E-state index is 11.7. The summed E-state index contributed by atoms with van der Waals surface area (Å²) in [6.45, 7) is 1.21. The summed E-state index contributed by atoms with van der Waals surface area (Å²) in [5.41, 5.74) is 5.16. The number of carbonyl (C=O) groups is 1. The smallest absolute Gasteiger partial charge is 0.463 e. The van der Waals surface area contributed by atoms with Gasteiger partial charge in [-0.25, -0.2) is 4.57 Å². The molecule has 0 aliphatic carbocycles. The Morgan fingerprint density at radius 1 is 0.806 bits per heavy atom. The minimum atomic E-state index is -4.27. The molecule has 0 spiro atoms. The molecular weight excluding hydrogens is 481 g/mol. The lowest BCUT2D eigenvalue weighted by atomic mass is 10.2. The van der Waals surface area contributed by atoms with Crippen LogP contribution in [0.5, 0.6) is 0 Å². The van der Waals surface area contributed by atoms with E-state index < -0.39 is 26.5 Å². The van der Waals surface area contributed by atoms with Crippen molar-refractivity contribution in [2.45, 2.75) is 64.4 Å². The SMILES string of the molecule is CCC=CCC=CCC=CCC=CCC=CCC=CCCC(=O)OCC(O)COP(=O)(O)OCCN. The van der Waals surface area contributed by atoms with Crippen molar-refractivity contribution in [3.63, 3.8) is 0 Å². The van der Waals surface area contributed by atoms with E-state index in [2.05, 4.69) is 76.7 Å². The van der Waals surface area contributed by atoms with Gasteiger partial charge in [-0.2, -0.15) is 0 Å². The van der Waals surface area contributed by atoms with Crippen molar-refractivity contribution >= 4 is 13.8 Å². The van der Waals surface area contributed by atoms with Crippen LogP contribution in [0.15, 0.2) is 72.9 Å². The van der Waals surface area contributed by atoms with Gasteiger partial charge < -0.3 is 20.5 Å². The van der Waals surface area contributed by atoms with E-state index in [1.165, 1.54) is 0 Å². The quantitative estimate of drug-likeness (QED) is 0.0966. The van der Waals surface area contributed by atoms with Crippen LogP contribution in [0, 0.1) is 0 Å². The summed E-state index contributed by atoms with van der Waals surface area (Å²) in [5, 5.41) is 9.67.